The van der Waals surface area contributed by atoms with Gasteiger partial charge in [-0.3, -0.25) is 0 Å². The molecule has 0 spiro atoms. The lowest BCUT2D eigenvalue weighted by Gasteiger charge is -2.12. The number of hydrogen-bond donors (Lipinski definition) is 2. The van der Waals surface area contributed by atoms with E-state index in [4.69, 9.17) is 0 Å². The summed E-state index contributed by atoms with van der Waals surface area (Å²) in [4.78, 5) is 4.81. The normalized spacial score (nSPS) is 12.5. The molecule has 0 radical (unpaired) electrons. The lowest BCUT2D eigenvalue weighted by Crippen LogP contribution is -2.37. The minimum Gasteiger partial charge on any atom is -0.357 e. The van der Waals surface area contributed by atoms with E-state index in [0.29, 0.717) is 11.4 Å². The van der Waals surface area contributed by atoms with Gasteiger partial charge in [-0.1, -0.05) is 25.5 Å². The Balaban J connectivity index is 2.74. The highest BCUT2D eigenvalue weighted by atomic mass is 32.2. The summed E-state index contributed by atoms with van der Waals surface area (Å²) in [7, 11) is -0.324. The van der Waals surface area contributed by atoms with Gasteiger partial charge in [-0.2, -0.15) is 0 Å². The number of guanidine groups is 1. The number of benzene rings is 1. The summed E-state index contributed by atoms with van der Waals surface area (Å²) in [5.41, 5.74) is 0.968. The van der Waals surface area contributed by atoms with Crippen molar-refractivity contribution in [2.75, 3.05) is 27.2 Å². The van der Waals surface area contributed by atoms with Gasteiger partial charge in [0.1, 0.15) is 0 Å². The summed E-state index contributed by atoms with van der Waals surface area (Å²) in [6, 6.07) is 6.85. The van der Waals surface area contributed by atoms with Crippen LogP contribution in [0.2, 0.25) is 0 Å². The second-order valence-electron chi connectivity index (χ2n) is 5.41. The summed E-state index contributed by atoms with van der Waals surface area (Å²) in [5, 5.41) is 6.48. The molecule has 0 saturated carbocycles. The van der Waals surface area contributed by atoms with Crippen LogP contribution in [0.25, 0.3) is 0 Å². The van der Waals surface area contributed by atoms with Crippen molar-refractivity contribution in [2.24, 2.45) is 4.99 Å². The highest BCUT2D eigenvalue weighted by Gasteiger charge is 2.16. The summed E-state index contributed by atoms with van der Waals surface area (Å²) in [6.07, 6.45) is 2.23. The fourth-order valence-corrected chi connectivity index (χ4v) is 2.77. The summed E-state index contributed by atoms with van der Waals surface area (Å²) in [5.74, 6) is 0.783. The van der Waals surface area contributed by atoms with Gasteiger partial charge in [0.25, 0.3) is 0 Å². The Morgan fingerprint density at radius 3 is 2.30 bits per heavy atom. The van der Waals surface area contributed by atoms with Gasteiger partial charge in [-0.25, -0.2) is 17.7 Å². The van der Waals surface area contributed by atoms with Crippen molar-refractivity contribution in [3.8, 4) is 0 Å². The van der Waals surface area contributed by atoms with Crippen LogP contribution in [0.1, 0.15) is 32.3 Å². The molecule has 23 heavy (non-hydrogen) atoms. The first-order valence-corrected chi connectivity index (χ1v) is 9.39. The third-order valence-electron chi connectivity index (χ3n) is 3.29. The largest absolute Gasteiger partial charge is 0.357 e. The van der Waals surface area contributed by atoms with E-state index in [9.17, 15) is 8.42 Å². The van der Waals surface area contributed by atoms with E-state index in [0.717, 1.165) is 37.5 Å². The Kier molecular flexibility index (Phi) is 8.05. The SMILES string of the molecule is CCCCNC(=NCc1ccc(S(=O)(=O)N(C)C)cc1)NCC. The van der Waals surface area contributed by atoms with E-state index in [1.165, 1.54) is 18.4 Å². The number of sulfonamides is 1. The predicted molar refractivity (Wildman–Crippen MR) is 95.0 cm³/mol. The molecule has 0 fully saturated rings. The van der Waals surface area contributed by atoms with E-state index in [1.54, 1.807) is 24.3 Å². The quantitative estimate of drug-likeness (QED) is 0.430. The predicted octanol–water partition coefficient (Wildman–Crippen LogP) is 1.79. The molecule has 0 amide bonds. The molecule has 0 aliphatic rings. The van der Waals surface area contributed by atoms with Crippen LogP contribution in [0.15, 0.2) is 34.2 Å². The summed E-state index contributed by atoms with van der Waals surface area (Å²) >= 11 is 0. The van der Waals surface area contributed by atoms with E-state index >= 15 is 0 Å². The van der Waals surface area contributed by atoms with E-state index in [-0.39, 0.29) is 0 Å². The van der Waals surface area contributed by atoms with Gasteiger partial charge in [0.05, 0.1) is 11.4 Å². The zero-order chi connectivity index (χ0) is 17.3. The van der Waals surface area contributed by atoms with Gasteiger partial charge in [-0.15, -0.1) is 0 Å². The zero-order valence-electron chi connectivity index (χ0n) is 14.5. The molecule has 1 aromatic carbocycles. The average Bonchev–Trinajstić information content (AvgIpc) is 2.53. The molecule has 0 aliphatic carbocycles. The molecule has 0 aromatic heterocycles. The molecule has 0 saturated heterocycles. The zero-order valence-corrected chi connectivity index (χ0v) is 15.3. The fraction of sp³-hybridized carbons (Fsp3) is 0.562. The number of aliphatic imine (C=N–C) groups is 1. The molecule has 6 nitrogen and oxygen atoms in total. The molecule has 0 bridgehead atoms. The number of rotatable bonds is 8. The van der Waals surface area contributed by atoms with Crippen LogP contribution in [0.4, 0.5) is 0 Å². The van der Waals surface area contributed by atoms with Crippen molar-refractivity contribution in [3.63, 3.8) is 0 Å². The van der Waals surface area contributed by atoms with Crippen LogP contribution in [0.3, 0.4) is 0 Å². The third-order valence-corrected chi connectivity index (χ3v) is 5.12. The molecule has 130 valence electrons. The topological polar surface area (TPSA) is 73.8 Å². The molecule has 2 N–H and O–H groups in total. The van der Waals surface area contributed by atoms with E-state index < -0.39 is 10.0 Å². The van der Waals surface area contributed by atoms with E-state index in [2.05, 4.69) is 22.5 Å². The Morgan fingerprint density at radius 2 is 1.78 bits per heavy atom. The van der Waals surface area contributed by atoms with Crippen molar-refractivity contribution in [1.82, 2.24) is 14.9 Å². The lowest BCUT2D eigenvalue weighted by molar-refractivity contribution is 0.520. The van der Waals surface area contributed by atoms with Crippen LogP contribution in [0.5, 0.6) is 0 Å². The van der Waals surface area contributed by atoms with Crippen LogP contribution < -0.4 is 10.6 Å². The maximum Gasteiger partial charge on any atom is 0.242 e. The average molecular weight is 340 g/mol. The first kappa shape index (κ1) is 19.4. The van der Waals surface area contributed by atoms with Crippen LogP contribution in [-0.4, -0.2) is 45.9 Å². The molecule has 0 aliphatic heterocycles. The number of nitrogens with zero attached hydrogens (tertiary/aromatic N) is 2. The van der Waals surface area contributed by atoms with E-state index in [1.807, 2.05) is 6.92 Å². The van der Waals surface area contributed by atoms with Crippen molar-refractivity contribution >= 4 is 16.0 Å². The van der Waals surface area contributed by atoms with Crippen LogP contribution in [-0.2, 0) is 16.6 Å². The molecular formula is C16H28N4O2S. The number of nitrogens with one attached hydrogen (secondary N) is 2. The Bertz CT molecular complexity index is 595. The molecule has 1 aromatic rings. The molecule has 7 heteroatoms. The van der Waals surface area contributed by atoms with Crippen molar-refractivity contribution < 1.29 is 8.42 Å². The molecule has 0 heterocycles. The lowest BCUT2D eigenvalue weighted by atomic mass is 10.2. The summed E-state index contributed by atoms with van der Waals surface area (Å²) < 4.78 is 25.2. The van der Waals surface area contributed by atoms with Crippen molar-refractivity contribution in [3.05, 3.63) is 29.8 Å². The Morgan fingerprint density at radius 1 is 1.13 bits per heavy atom. The highest BCUT2D eigenvalue weighted by molar-refractivity contribution is 7.89. The first-order valence-electron chi connectivity index (χ1n) is 7.95. The summed E-state index contributed by atoms with van der Waals surface area (Å²) in [6.45, 7) is 6.37. The van der Waals surface area contributed by atoms with Crippen molar-refractivity contribution in [1.29, 1.82) is 0 Å². The fourth-order valence-electron chi connectivity index (χ4n) is 1.87. The van der Waals surface area contributed by atoms with Gasteiger partial charge >= 0.3 is 0 Å². The molecular weight excluding hydrogens is 312 g/mol. The minimum atomic E-state index is -3.38. The third kappa shape index (κ3) is 6.19. The molecule has 0 unspecified atom stereocenters. The maximum atomic E-state index is 12.0. The number of hydrogen-bond acceptors (Lipinski definition) is 3. The Labute approximate surface area is 140 Å². The molecule has 0 atom stereocenters. The Hall–Kier alpha value is -1.60. The van der Waals surface area contributed by atoms with Gasteiger partial charge in [0, 0.05) is 27.2 Å². The second-order valence-corrected chi connectivity index (χ2v) is 7.56. The number of unbranched alkanes of at least 4 members (excludes halogenated alkanes) is 1. The van der Waals surface area contributed by atoms with Gasteiger partial charge < -0.3 is 10.6 Å². The van der Waals surface area contributed by atoms with Gasteiger partial charge in [0.2, 0.25) is 10.0 Å². The van der Waals surface area contributed by atoms with Crippen LogP contribution >= 0.6 is 0 Å². The minimum absolute atomic E-state index is 0.295. The van der Waals surface area contributed by atoms with Gasteiger partial charge in [0.15, 0.2) is 5.96 Å². The van der Waals surface area contributed by atoms with Gasteiger partial charge in [-0.05, 0) is 31.0 Å². The highest BCUT2D eigenvalue weighted by Crippen LogP contribution is 2.14. The maximum absolute atomic E-state index is 12.0. The standard InChI is InChI=1S/C16H28N4O2S/c1-5-7-12-18-16(17-6-2)19-13-14-8-10-15(11-9-14)23(21,22)20(3)4/h8-11H,5-7,12-13H2,1-4H3,(H2,17,18,19). The first-order chi connectivity index (χ1) is 10.9. The van der Waals surface area contributed by atoms with Crippen LogP contribution in [0, 0.1) is 0 Å². The monoisotopic (exact) mass is 340 g/mol. The second kappa shape index (κ2) is 9.52. The molecule has 1 rings (SSSR count). The van der Waals surface area contributed by atoms with Crippen molar-refractivity contribution in [2.45, 2.75) is 38.1 Å². The smallest absolute Gasteiger partial charge is 0.242 e.